The van der Waals surface area contributed by atoms with Crippen LogP contribution >= 0.6 is 11.6 Å². The quantitative estimate of drug-likeness (QED) is 0.600. The van der Waals surface area contributed by atoms with E-state index in [9.17, 15) is 4.79 Å². The van der Waals surface area contributed by atoms with Gasteiger partial charge in [0.25, 0.3) is 0 Å². The van der Waals surface area contributed by atoms with E-state index < -0.39 is 0 Å². The lowest BCUT2D eigenvalue weighted by Crippen LogP contribution is -2.26. The first-order valence-corrected chi connectivity index (χ1v) is 6.69. The fraction of sp³-hybridized carbons (Fsp3) is 0.500. The molecule has 0 aromatic heterocycles. The standard InChI is InChI=1S/C14H21ClN2O3/c1-14(2,19-3)6-7-20-9-13(18)17-12-8-10(16)4-5-11(12)15/h4-5,8H,6-7,9,16H2,1-3H3,(H,17,18). The number of hydrogen-bond donors (Lipinski definition) is 2. The highest BCUT2D eigenvalue weighted by Gasteiger charge is 2.16. The van der Waals surface area contributed by atoms with Gasteiger partial charge < -0.3 is 20.5 Å². The van der Waals surface area contributed by atoms with Gasteiger partial charge in [0.2, 0.25) is 5.91 Å². The molecule has 0 radical (unpaired) electrons. The minimum absolute atomic E-state index is 0.0368. The van der Waals surface area contributed by atoms with E-state index in [2.05, 4.69) is 5.32 Å². The van der Waals surface area contributed by atoms with Gasteiger partial charge in [-0.2, -0.15) is 0 Å². The summed E-state index contributed by atoms with van der Waals surface area (Å²) in [6, 6.07) is 4.91. The molecule has 1 aromatic rings. The smallest absolute Gasteiger partial charge is 0.250 e. The number of anilines is 2. The molecular formula is C14H21ClN2O3. The Balaban J connectivity index is 2.36. The molecule has 3 N–H and O–H groups in total. The normalized spacial score (nSPS) is 11.4. The summed E-state index contributed by atoms with van der Waals surface area (Å²) in [5, 5.41) is 3.09. The first-order chi connectivity index (χ1) is 9.34. The van der Waals surface area contributed by atoms with Crippen LogP contribution in [0, 0.1) is 0 Å². The van der Waals surface area contributed by atoms with Gasteiger partial charge in [-0.05, 0) is 38.5 Å². The molecule has 5 nitrogen and oxygen atoms in total. The highest BCUT2D eigenvalue weighted by Crippen LogP contribution is 2.23. The van der Waals surface area contributed by atoms with Crippen molar-refractivity contribution in [3.05, 3.63) is 23.2 Å². The molecule has 0 bridgehead atoms. The molecule has 1 amide bonds. The van der Waals surface area contributed by atoms with Crippen molar-refractivity contribution >= 4 is 28.9 Å². The van der Waals surface area contributed by atoms with Crippen molar-refractivity contribution in [3.63, 3.8) is 0 Å². The number of benzene rings is 1. The van der Waals surface area contributed by atoms with Crippen LogP contribution in [-0.2, 0) is 14.3 Å². The lowest BCUT2D eigenvalue weighted by atomic mass is 10.1. The Bertz CT molecular complexity index is 464. The zero-order chi connectivity index (χ0) is 15.2. The van der Waals surface area contributed by atoms with E-state index in [4.69, 9.17) is 26.8 Å². The number of carbonyl (C=O) groups is 1. The molecule has 0 aliphatic heterocycles. The molecule has 0 fully saturated rings. The lowest BCUT2D eigenvalue weighted by Gasteiger charge is -2.22. The van der Waals surface area contributed by atoms with Gasteiger partial charge >= 0.3 is 0 Å². The summed E-state index contributed by atoms with van der Waals surface area (Å²) in [6.45, 7) is 4.33. The fourth-order valence-corrected chi connectivity index (χ4v) is 1.57. The van der Waals surface area contributed by atoms with Gasteiger partial charge in [-0.15, -0.1) is 0 Å². The molecule has 6 heteroatoms. The van der Waals surface area contributed by atoms with Crippen molar-refractivity contribution in [2.24, 2.45) is 0 Å². The van der Waals surface area contributed by atoms with E-state index in [1.807, 2.05) is 13.8 Å². The third-order valence-corrected chi connectivity index (χ3v) is 3.23. The van der Waals surface area contributed by atoms with E-state index in [0.29, 0.717) is 29.4 Å². The summed E-state index contributed by atoms with van der Waals surface area (Å²) in [4.78, 5) is 11.7. The maximum Gasteiger partial charge on any atom is 0.250 e. The van der Waals surface area contributed by atoms with Crippen LogP contribution in [0.5, 0.6) is 0 Å². The lowest BCUT2D eigenvalue weighted by molar-refractivity contribution is -0.121. The zero-order valence-electron chi connectivity index (χ0n) is 12.0. The first kappa shape index (κ1) is 16.8. The molecule has 0 saturated heterocycles. The van der Waals surface area contributed by atoms with Gasteiger partial charge in [-0.1, -0.05) is 11.6 Å². The maximum atomic E-state index is 11.7. The van der Waals surface area contributed by atoms with Crippen LogP contribution in [0.15, 0.2) is 18.2 Å². The topological polar surface area (TPSA) is 73.6 Å². The van der Waals surface area contributed by atoms with Gasteiger partial charge in [-0.3, -0.25) is 4.79 Å². The number of methoxy groups -OCH3 is 1. The first-order valence-electron chi connectivity index (χ1n) is 6.32. The molecule has 0 spiro atoms. The summed E-state index contributed by atoms with van der Waals surface area (Å²) in [7, 11) is 1.65. The third kappa shape index (κ3) is 5.77. The maximum absolute atomic E-state index is 11.7. The number of halogens is 1. The Labute approximate surface area is 124 Å². The highest BCUT2D eigenvalue weighted by molar-refractivity contribution is 6.33. The van der Waals surface area contributed by atoms with Gasteiger partial charge in [0.15, 0.2) is 0 Å². The summed E-state index contributed by atoms with van der Waals surface area (Å²) < 4.78 is 10.6. The Morgan fingerprint density at radius 2 is 2.15 bits per heavy atom. The molecule has 20 heavy (non-hydrogen) atoms. The highest BCUT2D eigenvalue weighted by atomic mass is 35.5. The number of carbonyl (C=O) groups excluding carboxylic acids is 1. The van der Waals surface area contributed by atoms with E-state index in [1.165, 1.54) is 0 Å². The van der Waals surface area contributed by atoms with Crippen molar-refractivity contribution in [3.8, 4) is 0 Å². The molecule has 0 aliphatic carbocycles. The Hall–Kier alpha value is -1.30. The van der Waals surface area contributed by atoms with Crippen LogP contribution in [0.1, 0.15) is 20.3 Å². The summed E-state index contributed by atoms with van der Waals surface area (Å²) in [5.74, 6) is -0.271. The van der Waals surface area contributed by atoms with Gasteiger partial charge in [0.05, 0.1) is 16.3 Å². The van der Waals surface area contributed by atoms with Gasteiger partial charge in [-0.25, -0.2) is 0 Å². The minimum Gasteiger partial charge on any atom is -0.399 e. The monoisotopic (exact) mass is 300 g/mol. The van der Waals surface area contributed by atoms with Crippen LogP contribution in [0.4, 0.5) is 11.4 Å². The van der Waals surface area contributed by atoms with Crippen LogP contribution in [-0.4, -0.2) is 31.8 Å². The number of rotatable bonds is 7. The predicted octanol–water partition coefficient (Wildman–Crippen LogP) is 2.69. The molecule has 112 valence electrons. The molecule has 0 aliphatic rings. The molecule has 0 heterocycles. The van der Waals surface area contributed by atoms with Crippen LogP contribution in [0.25, 0.3) is 0 Å². The van der Waals surface area contributed by atoms with Crippen molar-refractivity contribution in [2.75, 3.05) is 31.4 Å². The van der Waals surface area contributed by atoms with E-state index in [0.717, 1.165) is 0 Å². The Morgan fingerprint density at radius 1 is 1.45 bits per heavy atom. The van der Waals surface area contributed by atoms with Crippen molar-refractivity contribution in [1.29, 1.82) is 0 Å². The Kier molecular flexibility index (Phi) is 6.26. The van der Waals surface area contributed by atoms with Crippen molar-refractivity contribution in [1.82, 2.24) is 0 Å². The molecule has 0 atom stereocenters. The second-order valence-electron chi connectivity index (χ2n) is 5.05. The molecule has 0 unspecified atom stereocenters. The molecule has 0 saturated carbocycles. The fourth-order valence-electron chi connectivity index (χ4n) is 1.41. The average molecular weight is 301 g/mol. The minimum atomic E-state index is -0.271. The van der Waals surface area contributed by atoms with Gasteiger partial charge in [0, 0.05) is 19.4 Å². The summed E-state index contributed by atoms with van der Waals surface area (Å²) >= 11 is 5.95. The van der Waals surface area contributed by atoms with E-state index >= 15 is 0 Å². The summed E-state index contributed by atoms with van der Waals surface area (Å²) in [5.41, 5.74) is 6.40. The molecular weight excluding hydrogens is 280 g/mol. The van der Waals surface area contributed by atoms with Crippen molar-refractivity contribution in [2.45, 2.75) is 25.9 Å². The largest absolute Gasteiger partial charge is 0.399 e. The number of amides is 1. The molecule has 1 aromatic carbocycles. The van der Waals surface area contributed by atoms with Crippen LogP contribution in [0.2, 0.25) is 5.02 Å². The third-order valence-electron chi connectivity index (χ3n) is 2.90. The number of ether oxygens (including phenoxy) is 2. The average Bonchev–Trinajstić information content (AvgIpc) is 2.39. The SMILES string of the molecule is COC(C)(C)CCOCC(=O)Nc1cc(N)ccc1Cl. The number of nitrogens with two attached hydrogens (primary N) is 1. The van der Waals surface area contributed by atoms with Crippen LogP contribution in [0.3, 0.4) is 0 Å². The second-order valence-corrected chi connectivity index (χ2v) is 5.46. The number of hydrogen-bond acceptors (Lipinski definition) is 4. The summed E-state index contributed by atoms with van der Waals surface area (Å²) in [6.07, 6.45) is 0.704. The second kappa shape index (κ2) is 7.47. The zero-order valence-corrected chi connectivity index (χ0v) is 12.8. The van der Waals surface area contributed by atoms with E-state index in [1.54, 1.807) is 25.3 Å². The number of nitrogen functional groups attached to an aromatic ring is 1. The van der Waals surface area contributed by atoms with E-state index in [-0.39, 0.29) is 18.1 Å². The van der Waals surface area contributed by atoms with Crippen molar-refractivity contribution < 1.29 is 14.3 Å². The Morgan fingerprint density at radius 3 is 2.80 bits per heavy atom. The van der Waals surface area contributed by atoms with Crippen LogP contribution < -0.4 is 11.1 Å². The predicted molar refractivity (Wildman–Crippen MR) is 81.0 cm³/mol. The molecule has 1 rings (SSSR count). The van der Waals surface area contributed by atoms with Gasteiger partial charge in [0.1, 0.15) is 6.61 Å². The number of nitrogens with one attached hydrogen (secondary N) is 1.